The summed E-state index contributed by atoms with van der Waals surface area (Å²) in [6, 6.07) is 9.30. The van der Waals surface area contributed by atoms with Crippen LogP contribution < -0.4 is 5.32 Å². The number of halogens is 1. The zero-order valence-electron chi connectivity index (χ0n) is 22.3. The molecule has 0 aromatic heterocycles. The fourth-order valence-electron chi connectivity index (χ4n) is 5.40. The Morgan fingerprint density at radius 2 is 1.92 bits per heavy atom. The summed E-state index contributed by atoms with van der Waals surface area (Å²) in [5.74, 6) is -2.39. The number of amides is 2. The molecule has 6 unspecified atom stereocenters. The second-order valence-corrected chi connectivity index (χ2v) is 13.1. The number of methoxy groups -OCH3 is 1. The first-order valence-corrected chi connectivity index (χ1v) is 15.0. The average molecular weight is 572 g/mol. The van der Waals surface area contributed by atoms with E-state index >= 15 is 0 Å². The van der Waals surface area contributed by atoms with E-state index in [1.165, 1.54) is 7.11 Å². The Labute approximate surface area is 229 Å². The molecule has 1 aromatic rings. The lowest BCUT2D eigenvalue weighted by Crippen LogP contribution is -2.60. The molecule has 2 fully saturated rings. The zero-order valence-corrected chi connectivity index (χ0v) is 23.9. The largest absolute Gasteiger partial charge is 0.443 e. The number of epoxide rings is 1. The number of carbonyl (C=O) groups is 2. The number of aliphatic hydroxyl groups is 1. The smallest absolute Gasteiger partial charge is 0.414 e. The highest BCUT2D eigenvalue weighted by Crippen LogP contribution is 2.54. The maximum atomic E-state index is 13.3. The molecule has 2 N–H and O–H groups in total. The fourth-order valence-corrected chi connectivity index (χ4v) is 7.24. The van der Waals surface area contributed by atoms with Crippen LogP contribution in [0.5, 0.6) is 0 Å². The lowest BCUT2D eigenvalue weighted by Gasteiger charge is -2.47. The average Bonchev–Trinajstić information content (AvgIpc) is 3.52. The molecule has 3 rings (SSSR count). The summed E-state index contributed by atoms with van der Waals surface area (Å²) in [5, 5.41) is 14.0. The van der Waals surface area contributed by atoms with E-state index in [1.807, 2.05) is 62.5 Å². The number of alkyl carbamates (subject to hydrolysis) is 1. The van der Waals surface area contributed by atoms with E-state index in [1.54, 1.807) is 0 Å². The third-order valence-corrected chi connectivity index (χ3v) is 9.44. The van der Waals surface area contributed by atoms with Crippen molar-refractivity contribution in [2.24, 2.45) is 5.92 Å². The van der Waals surface area contributed by atoms with Gasteiger partial charge in [-0.05, 0) is 45.6 Å². The lowest BCUT2D eigenvalue weighted by molar-refractivity contribution is -0.150. The molecule has 0 spiro atoms. The Morgan fingerprint density at radius 3 is 2.53 bits per heavy atom. The molecule has 1 aliphatic heterocycles. The molecular formula is C27H38ClNO8S. The van der Waals surface area contributed by atoms with Gasteiger partial charge >= 0.3 is 6.09 Å². The summed E-state index contributed by atoms with van der Waals surface area (Å²) in [5.41, 5.74) is -0.513. The van der Waals surface area contributed by atoms with Gasteiger partial charge in [0.2, 0.25) is 5.91 Å². The first-order valence-electron chi connectivity index (χ1n) is 12.7. The molecule has 2 amide bonds. The SMILES string of the molecule is COC1CC(O)(CS(=O)(=O)CCc2ccccc2)C(C2(C)OC2CC=C(C)C)CC1OC(=O)NC(=O)CCl. The van der Waals surface area contributed by atoms with Gasteiger partial charge < -0.3 is 19.3 Å². The molecule has 1 saturated carbocycles. The molecule has 0 bridgehead atoms. The fraction of sp³-hybridized carbons (Fsp3) is 0.630. The minimum atomic E-state index is -3.69. The molecule has 212 valence electrons. The Morgan fingerprint density at radius 1 is 1.24 bits per heavy atom. The Hall–Kier alpha value is -1.98. The molecule has 1 aromatic carbocycles. The van der Waals surface area contributed by atoms with Crippen LogP contribution in [0.3, 0.4) is 0 Å². The Kier molecular flexibility index (Phi) is 10.0. The van der Waals surface area contributed by atoms with Crippen molar-refractivity contribution in [1.29, 1.82) is 0 Å². The number of carbonyl (C=O) groups excluding carboxylic acids is 2. The lowest BCUT2D eigenvalue weighted by atomic mass is 9.67. The first kappa shape index (κ1) is 30.6. The second-order valence-electron chi connectivity index (χ2n) is 10.6. The van der Waals surface area contributed by atoms with E-state index in [9.17, 15) is 23.1 Å². The summed E-state index contributed by atoms with van der Waals surface area (Å²) < 4.78 is 43.7. The number of allylic oxidation sites excluding steroid dienone is 1. The Bertz CT molecular complexity index is 1120. The summed E-state index contributed by atoms with van der Waals surface area (Å²) >= 11 is 5.46. The minimum absolute atomic E-state index is 0.0888. The van der Waals surface area contributed by atoms with Crippen molar-refractivity contribution in [3.63, 3.8) is 0 Å². The third kappa shape index (κ3) is 7.79. The van der Waals surface area contributed by atoms with Crippen LogP contribution in [-0.2, 0) is 35.3 Å². The van der Waals surface area contributed by atoms with Gasteiger partial charge in [0, 0.05) is 19.4 Å². The molecular weight excluding hydrogens is 534 g/mol. The number of ether oxygens (including phenoxy) is 3. The number of imide groups is 1. The molecule has 1 aliphatic carbocycles. The van der Waals surface area contributed by atoms with Gasteiger partial charge in [0.25, 0.3) is 0 Å². The van der Waals surface area contributed by atoms with E-state index in [4.69, 9.17) is 25.8 Å². The van der Waals surface area contributed by atoms with Crippen LogP contribution in [0, 0.1) is 5.92 Å². The van der Waals surface area contributed by atoms with E-state index in [-0.39, 0.29) is 24.7 Å². The molecule has 2 aliphatic rings. The highest BCUT2D eigenvalue weighted by atomic mass is 35.5. The molecule has 0 radical (unpaired) electrons. The number of aryl methyl sites for hydroxylation is 1. The van der Waals surface area contributed by atoms with E-state index in [0.29, 0.717) is 12.8 Å². The highest BCUT2D eigenvalue weighted by molar-refractivity contribution is 7.91. The maximum Gasteiger partial charge on any atom is 0.414 e. The first-order chi connectivity index (χ1) is 17.8. The molecule has 9 nitrogen and oxygen atoms in total. The van der Waals surface area contributed by atoms with Gasteiger partial charge in [-0.25, -0.2) is 13.2 Å². The topological polar surface area (TPSA) is 132 Å². The van der Waals surface area contributed by atoms with Crippen LogP contribution in [-0.4, -0.2) is 79.5 Å². The minimum Gasteiger partial charge on any atom is -0.443 e. The van der Waals surface area contributed by atoms with Gasteiger partial charge in [-0.2, -0.15) is 0 Å². The van der Waals surface area contributed by atoms with E-state index < -0.39 is 62.8 Å². The van der Waals surface area contributed by atoms with Crippen molar-refractivity contribution < 1.29 is 37.3 Å². The second kappa shape index (κ2) is 12.5. The van der Waals surface area contributed by atoms with Gasteiger partial charge in [-0.15, -0.1) is 11.6 Å². The summed E-state index contributed by atoms with van der Waals surface area (Å²) in [7, 11) is -2.29. The quantitative estimate of drug-likeness (QED) is 0.235. The van der Waals surface area contributed by atoms with E-state index in [2.05, 4.69) is 0 Å². The van der Waals surface area contributed by atoms with Crippen LogP contribution in [0.15, 0.2) is 42.0 Å². The normalized spacial score (nSPS) is 30.8. The van der Waals surface area contributed by atoms with E-state index in [0.717, 1.165) is 11.1 Å². The maximum absolute atomic E-state index is 13.3. The van der Waals surface area contributed by atoms with Crippen LogP contribution in [0.2, 0.25) is 0 Å². The number of nitrogens with one attached hydrogen (secondary N) is 1. The van der Waals surface area contributed by atoms with Crippen LogP contribution in [0.4, 0.5) is 4.79 Å². The molecule has 1 saturated heterocycles. The summed E-state index contributed by atoms with van der Waals surface area (Å²) in [6.07, 6.45) is 0.123. The van der Waals surface area contributed by atoms with Crippen molar-refractivity contribution in [3.8, 4) is 0 Å². The predicted octanol–water partition coefficient (Wildman–Crippen LogP) is 3.17. The van der Waals surface area contributed by atoms with Crippen LogP contribution >= 0.6 is 11.6 Å². The van der Waals surface area contributed by atoms with Crippen LogP contribution in [0.1, 0.15) is 45.6 Å². The summed E-state index contributed by atoms with van der Waals surface area (Å²) in [6.45, 7) is 5.80. The monoisotopic (exact) mass is 571 g/mol. The van der Waals surface area contributed by atoms with Crippen molar-refractivity contribution in [2.75, 3.05) is 24.5 Å². The van der Waals surface area contributed by atoms with Crippen molar-refractivity contribution in [1.82, 2.24) is 5.32 Å². The van der Waals surface area contributed by atoms with Crippen molar-refractivity contribution in [2.45, 2.75) is 76.0 Å². The number of benzene rings is 1. The van der Waals surface area contributed by atoms with Gasteiger partial charge in [0.1, 0.15) is 12.0 Å². The van der Waals surface area contributed by atoms with Gasteiger partial charge in [-0.1, -0.05) is 42.0 Å². The number of alkyl halides is 1. The summed E-state index contributed by atoms with van der Waals surface area (Å²) in [4.78, 5) is 23.8. The zero-order chi connectivity index (χ0) is 28.1. The molecule has 11 heteroatoms. The number of sulfone groups is 1. The van der Waals surface area contributed by atoms with Crippen LogP contribution in [0.25, 0.3) is 0 Å². The highest BCUT2D eigenvalue weighted by Gasteiger charge is 2.66. The van der Waals surface area contributed by atoms with Crippen molar-refractivity contribution in [3.05, 3.63) is 47.5 Å². The van der Waals surface area contributed by atoms with Crippen molar-refractivity contribution >= 4 is 33.4 Å². The number of hydrogen-bond donors (Lipinski definition) is 2. The standard InChI is InChI=1S/C27H38ClNO8S/c1-18(2)10-11-23-26(3,37-23)22-14-20(36-25(31)29-24(30)16-28)21(35-4)15-27(22,32)17-38(33,34)13-12-19-8-6-5-7-9-19/h5-10,20-23,32H,11-17H2,1-4H3,(H,29,30,31). The molecule has 38 heavy (non-hydrogen) atoms. The molecule has 6 atom stereocenters. The van der Waals surface area contributed by atoms with Gasteiger partial charge in [0.15, 0.2) is 9.84 Å². The Balaban J connectivity index is 1.84. The number of hydrogen-bond acceptors (Lipinski definition) is 8. The molecule has 1 heterocycles. The predicted molar refractivity (Wildman–Crippen MR) is 144 cm³/mol. The number of rotatable bonds is 11. The third-order valence-electron chi connectivity index (χ3n) is 7.43. The van der Waals surface area contributed by atoms with Gasteiger partial charge in [-0.3, -0.25) is 10.1 Å². The van der Waals surface area contributed by atoms with Gasteiger partial charge in [0.05, 0.1) is 34.9 Å².